The molecule has 2 aromatic rings. The molecule has 0 aliphatic rings. The smallest absolute Gasteiger partial charge is 0.186 e. The fourth-order valence-electron chi connectivity index (χ4n) is 1.48. The van der Waals surface area contributed by atoms with Gasteiger partial charge in [-0.2, -0.15) is 5.10 Å². The third-order valence-corrected chi connectivity index (χ3v) is 3.47. The molecule has 18 heavy (non-hydrogen) atoms. The van der Waals surface area contributed by atoms with Crippen molar-refractivity contribution in [2.45, 2.75) is 10.9 Å². The third kappa shape index (κ3) is 2.67. The number of aryl methyl sites for hydroxylation is 1. The molecule has 0 atom stereocenters. The molecular formula is C11H12FN5S. The van der Waals surface area contributed by atoms with Gasteiger partial charge in [-0.1, -0.05) is 17.8 Å². The zero-order valence-electron chi connectivity index (χ0n) is 9.72. The van der Waals surface area contributed by atoms with Gasteiger partial charge in [0.15, 0.2) is 5.16 Å². The summed E-state index contributed by atoms with van der Waals surface area (Å²) in [5.74, 6) is 0.0255. The van der Waals surface area contributed by atoms with Gasteiger partial charge in [0.1, 0.15) is 18.0 Å². The van der Waals surface area contributed by atoms with Crippen molar-refractivity contribution in [3.05, 3.63) is 41.5 Å². The van der Waals surface area contributed by atoms with Gasteiger partial charge >= 0.3 is 0 Å². The zero-order chi connectivity index (χ0) is 13.1. The van der Waals surface area contributed by atoms with Crippen LogP contribution >= 0.6 is 11.8 Å². The maximum atomic E-state index is 13.1. The van der Waals surface area contributed by atoms with Crippen LogP contribution in [0.2, 0.25) is 0 Å². The highest BCUT2D eigenvalue weighted by atomic mass is 32.2. The van der Waals surface area contributed by atoms with Crippen molar-refractivity contribution in [3.63, 3.8) is 0 Å². The summed E-state index contributed by atoms with van der Waals surface area (Å²) in [5.41, 5.74) is 6.66. The number of aromatic nitrogens is 3. The molecule has 5 nitrogen and oxygen atoms in total. The van der Waals surface area contributed by atoms with Crippen molar-refractivity contribution in [1.29, 1.82) is 5.41 Å². The molecule has 0 aliphatic heterocycles. The minimum atomic E-state index is -0.396. The Morgan fingerprint density at radius 3 is 2.94 bits per heavy atom. The van der Waals surface area contributed by atoms with Gasteiger partial charge in [-0.15, -0.1) is 0 Å². The Balaban J connectivity index is 2.19. The molecule has 3 N–H and O–H groups in total. The maximum absolute atomic E-state index is 13.1. The number of thioether (sulfide) groups is 1. The molecule has 7 heteroatoms. The summed E-state index contributed by atoms with van der Waals surface area (Å²) in [5, 5.41) is 12.2. The van der Waals surface area contributed by atoms with Crippen LogP contribution in [0.5, 0.6) is 0 Å². The lowest BCUT2D eigenvalue weighted by molar-refractivity contribution is 0.627. The van der Waals surface area contributed by atoms with Crippen LogP contribution < -0.4 is 5.73 Å². The highest BCUT2D eigenvalue weighted by Crippen LogP contribution is 2.22. The maximum Gasteiger partial charge on any atom is 0.186 e. The van der Waals surface area contributed by atoms with Gasteiger partial charge in [0.25, 0.3) is 0 Å². The first-order valence-electron chi connectivity index (χ1n) is 5.17. The zero-order valence-corrected chi connectivity index (χ0v) is 10.5. The number of hydrogen-bond donors (Lipinski definition) is 2. The van der Waals surface area contributed by atoms with Gasteiger partial charge in [0, 0.05) is 18.4 Å². The van der Waals surface area contributed by atoms with E-state index in [0.717, 1.165) is 10.7 Å². The van der Waals surface area contributed by atoms with Crippen LogP contribution in [0.15, 0.2) is 29.7 Å². The van der Waals surface area contributed by atoms with E-state index in [0.29, 0.717) is 11.3 Å². The first kappa shape index (κ1) is 12.6. The number of halogens is 1. The van der Waals surface area contributed by atoms with Crippen molar-refractivity contribution in [2.24, 2.45) is 12.8 Å². The number of benzene rings is 1. The summed E-state index contributed by atoms with van der Waals surface area (Å²) < 4.78 is 14.8. The molecule has 0 unspecified atom stereocenters. The van der Waals surface area contributed by atoms with E-state index >= 15 is 0 Å². The van der Waals surface area contributed by atoms with Crippen molar-refractivity contribution < 1.29 is 4.39 Å². The number of rotatable bonds is 4. The molecule has 0 spiro atoms. The average molecular weight is 265 g/mol. The van der Waals surface area contributed by atoms with Gasteiger partial charge in [-0.3, -0.25) is 5.41 Å². The number of nitrogens with zero attached hydrogens (tertiary/aromatic N) is 3. The molecule has 0 saturated carbocycles. The second kappa shape index (κ2) is 5.18. The average Bonchev–Trinajstić information content (AvgIpc) is 2.73. The number of nitrogen functional groups attached to an aromatic ring is 1. The lowest BCUT2D eigenvalue weighted by Crippen LogP contribution is -2.14. The Hall–Kier alpha value is -1.89. The molecule has 0 radical (unpaired) electrons. The monoisotopic (exact) mass is 265 g/mol. The fraction of sp³-hybridized carbons (Fsp3) is 0.182. The Kier molecular flexibility index (Phi) is 3.61. The lowest BCUT2D eigenvalue weighted by Gasteiger charge is -2.07. The molecule has 2 rings (SSSR count). The normalized spacial score (nSPS) is 10.6. The van der Waals surface area contributed by atoms with Crippen LogP contribution in [0.3, 0.4) is 0 Å². The van der Waals surface area contributed by atoms with Gasteiger partial charge in [-0.05, 0) is 17.7 Å². The van der Waals surface area contributed by atoms with E-state index < -0.39 is 5.82 Å². The minimum Gasteiger partial charge on any atom is -0.384 e. The van der Waals surface area contributed by atoms with E-state index in [1.807, 2.05) is 0 Å². The highest BCUT2D eigenvalue weighted by Gasteiger charge is 2.09. The number of nitrogens with two attached hydrogens (primary N) is 1. The Morgan fingerprint density at radius 1 is 1.56 bits per heavy atom. The third-order valence-electron chi connectivity index (χ3n) is 2.39. The first-order valence-corrected chi connectivity index (χ1v) is 6.16. The minimum absolute atomic E-state index is 0.136. The van der Waals surface area contributed by atoms with Gasteiger partial charge < -0.3 is 5.73 Å². The van der Waals surface area contributed by atoms with E-state index in [9.17, 15) is 4.39 Å². The van der Waals surface area contributed by atoms with E-state index in [4.69, 9.17) is 11.1 Å². The van der Waals surface area contributed by atoms with Gasteiger partial charge in [0.2, 0.25) is 0 Å². The molecule has 0 aliphatic carbocycles. The summed E-state index contributed by atoms with van der Waals surface area (Å²) in [4.78, 5) is 4.08. The summed E-state index contributed by atoms with van der Waals surface area (Å²) in [7, 11) is 1.80. The van der Waals surface area contributed by atoms with Crippen LogP contribution in [0.1, 0.15) is 11.1 Å². The van der Waals surface area contributed by atoms with Crippen LogP contribution in [0.25, 0.3) is 0 Å². The van der Waals surface area contributed by atoms with Crippen LogP contribution in [-0.2, 0) is 12.8 Å². The van der Waals surface area contributed by atoms with Crippen LogP contribution in [-0.4, -0.2) is 20.6 Å². The molecule has 94 valence electrons. The Labute approximate surface area is 108 Å². The van der Waals surface area contributed by atoms with Gasteiger partial charge in [-0.25, -0.2) is 14.1 Å². The standard InChI is InChI=1S/C11H12FN5S/c1-17-11(15-6-16-17)18-5-7-2-3-8(12)4-9(7)10(13)14/h2-4,6H,5H2,1H3,(H3,13,14). The first-order chi connectivity index (χ1) is 8.58. The molecule has 0 bridgehead atoms. The molecule has 1 aromatic carbocycles. The number of amidine groups is 1. The van der Waals surface area contributed by atoms with Crippen molar-refractivity contribution in [3.8, 4) is 0 Å². The van der Waals surface area contributed by atoms with Gasteiger partial charge in [0.05, 0.1) is 0 Å². The van der Waals surface area contributed by atoms with Crippen LogP contribution in [0.4, 0.5) is 4.39 Å². The quantitative estimate of drug-likeness (QED) is 0.499. The van der Waals surface area contributed by atoms with Crippen molar-refractivity contribution in [1.82, 2.24) is 14.8 Å². The molecule has 1 aromatic heterocycles. The summed E-state index contributed by atoms with van der Waals surface area (Å²) in [6, 6.07) is 4.27. The molecule has 0 amide bonds. The largest absolute Gasteiger partial charge is 0.384 e. The Bertz CT molecular complexity index is 581. The predicted molar refractivity (Wildman–Crippen MR) is 68.0 cm³/mol. The van der Waals surface area contributed by atoms with E-state index in [1.165, 1.54) is 30.2 Å². The summed E-state index contributed by atoms with van der Waals surface area (Å²) >= 11 is 1.46. The number of hydrogen-bond acceptors (Lipinski definition) is 4. The van der Waals surface area contributed by atoms with Crippen molar-refractivity contribution in [2.75, 3.05) is 0 Å². The Morgan fingerprint density at radius 2 is 2.33 bits per heavy atom. The highest BCUT2D eigenvalue weighted by molar-refractivity contribution is 7.98. The topological polar surface area (TPSA) is 80.6 Å². The molecular weight excluding hydrogens is 253 g/mol. The molecule has 1 heterocycles. The molecule has 0 saturated heterocycles. The summed E-state index contributed by atoms with van der Waals surface area (Å²) in [6.07, 6.45) is 1.47. The predicted octanol–water partition coefficient (Wildman–Crippen LogP) is 1.53. The van der Waals surface area contributed by atoms with Crippen molar-refractivity contribution >= 4 is 17.6 Å². The fourth-order valence-corrected chi connectivity index (χ4v) is 2.38. The van der Waals surface area contributed by atoms with Crippen LogP contribution in [0, 0.1) is 11.2 Å². The van der Waals surface area contributed by atoms with E-state index in [-0.39, 0.29) is 5.84 Å². The lowest BCUT2D eigenvalue weighted by atomic mass is 10.1. The van der Waals surface area contributed by atoms with E-state index in [2.05, 4.69) is 10.1 Å². The number of nitrogens with one attached hydrogen (secondary N) is 1. The second-order valence-corrected chi connectivity index (χ2v) is 4.61. The second-order valence-electron chi connectivity index (χ2n) is 3.67. The summed E-state index contributed by atoms with van der Waals surface area (Å²) in [6.45, 7) is 0. The molecule has 0 fully saturated rings. The van der Waals surface area contributed by atoms with E-state index in [1.54, 1.807) is 17.8 Å². The SMILES string of the molecule is Cn1ncnc1SCc1ccc(F)cc1C(=N)N.